The molecule has 0 N–H and O–H groups in total. The molecule has 7 heavy (non-hydrogen) atoms. The lowest BCUT2D eigenvalue weighted by Gasteiger charge is -1.79. The van der Waals surface area contributed by atoms with Crippen molar-refractivity contribution in [1.82, 2.24) is 4.98 Å². The molecule has 0 atom stereocenters. The zero-order valence-electron chi connectivity index (χ0n) is 4.56. The van der Waals surface area contributed by atoms with E-state index in [0.29, 0.717) is 5.02 Å². The molecule has 0 saturated heterocycles. The minimum absolute atomic E-state index is 0.245. The van der Waals surface area contributed by atoms with E-state index in [4.69, 9.17) is 13.0 Å². The van der Waals surface area contributed by atoms with E-state index in [1.54, 1.807) is 12.1 Å². The summed E-state index contributed by atoms with van der Waals surface area (Å²) in [6.07, 6.45) is 1.69. The van der Waals surface area contributed by atoms with Gasteiger partial charge in [0.05, 0.1) is 6.39 Å². The molecule has 0 fully saturated rings. The Bertz CT molecular complexity index is 151. The van der Waals surface area contributed by atoms with Crippen LogP contribution in [0.3, 0.4) is 0 Å². The Hall–Kier alpha value is -0.560. The molecule has 1 aromatic rings. The Balaban J connectivity index is 3.03. The summed E-state index contributed by atoms with van der Waals surface area (Å²) in [6.45, 7) is 0. The van der Waals surface area contributed by atoms with Crippen LogP contribution in [-0.4, -0.2) is 4.98 Å². The van der Waals surface area contributed by atoms with Gasteiger partial charge in [0.15, 0.2) is 0 Å². The molecule has 0 amide bonds. The highest BCUT2D eigenvalue weighted by molar-refractivity contribution is 6.30. The van der Waals surface area contributed by atoms with Crippen LogP contribution in [0.1, 0.15) is 1.37 Å². The van der Waals surface area contributed by atoms with Gasteiger partial charge >= 0.3 is 0 Å². The van der Waals surface area contributed by atoms with Gasteiger partial charge in [-0.3, -0.25) is 4.98 Å². The second kappa shape index (κ2) is 1.94. The van der Waals surface area contributed by atoms with E-state index in [2.05, 4.69) is 4.98 Å². The summed E-state index contributed by atoms with van der Waals surface area (Å²) < 4.78 is 6.92. The van der Waals surface area contributed by atoms with Crippen molar-refractivity contribution < 1.29 is 1.37 Å². The predicted octanol–water partition coefficient (Wildman–Crippen LogP) is 1.73. The van der Waals surface area contributed by atoms with Gasteiger partial charge in [-0.15, -0.1) is 0 Å². The summed E-state index contributed by atoms with van der Waals surface area (Å²) in [5, 5.41) is 0.570. The van der Waals surface area contributed by atoms with Gasteiger partial charge in [0, 0.05) is 12.4 Å². The summed E-state index contributed by atoms with van der Waals surface area (Å²) in [5.41, 5.74) is 0. The molecule has 1 nitrogen and oxygen atoms in total. The van der Waals surface area contributed by atoms with Crippen molar-refractivity contribution in [3.8, 4) is 0 Å². The lowest BCUT2D eigenvalue weighted by Crippen LogP contribution is -1.64. The van der Waals surface area contributed by atoms with Crippen LogP contribution < -0.4 is 0 Å². The number of halogens is 1. The Morgan fingerprint density at radius 2 is 2.71 bits per heavy atom. The fourth-order valence-corrected chi connectivity index (χ4v) is 0.414. The molecular weight excluding hydrogens is 110 g/mol. The van der Waals surface area contributed by atoms with Crippen molar-refractivity contribution in [2.24, 2.45) is 0 Å². The number of rotatable bonds is 0. The first kappa shape index (κ1) is 3.44. The van der Waals surface area contributed by atoms with Gasteiger partial charge in [0.25, 0.3) is 0 Å². The first-order valence-corrected chi connectivity index (χ1v) is 2.25. The van der Waals surface area contributed by atoms with Crippen molar-refractivity contribution in [1.29, 1.82) is 0 Å². The summed E-state index contributed by atoms with van der Waals surface area (Å²) in [6, 6.07) is 3.18. The largest absolute Gasteiger partial charge is 0.263 e. The standard InChI is InChI=1S/C5H4ClN/c6-5-2-1-3-7-4-5/h1-4H/i3D. The summed E-state index contributed by atoms with van der Waals surface area (Å²) >= 11 is 5.47. The van der Waals surface area contributed by atoms with E-state index in [-0.39, 0.29) is 6.17 Å². The zero-order valence-corrected chi connectivity index (χ0v) is 4.31. The first-order valence-electron chi connectivity index (χ1n) is 2.37. The van der Waals surface area contributed by atoms with Crippen LogP contribution in [0, 0.1) is 0 Å². The second-order valence-corrected chi connectivity index (χ2v) is 1.54. The Morgan fingerprint density at radius 1 is 1.86 bits per heavy atom. The Labute approximate surface area is 48.4 Å². The number of pyridine rings is 1. The van der Waals surface area contributed by atoms with Crippen LogP contribution in [0.15, 0.2) is 24.5 Å². The molecular formula is C5H4ClN. The molecule has 1 heterocycles. The van der Waals surface area contributed by atoms with Crippen molar-refractivity contribution in [3.05, 3.63) is 29.5 Å². The normalized spacial score (nSPS) is 10.7. The molecule has 36 valence electrons. The third kappa shape index (κ3) is 1.16. The van der Waals surface area contributed by atoms with Crippen LogP contribution in [0.2, 0.25) is 5.02 Å². The molecule has 0 radical (unpaired) electrons. The zero-order chi connectivity index (χ0) is 5.98. The van der Waals surface area contributed by atoms with Crippen LogP contribution in [-0.2, 0) is 0 Å². The molecule has 0 aliphatic heterocycles. The van der Waals surface area contributed by atoms with Gasteiger partial charge in [-0.05, 0) is 12.1 Å². The number of hydrogen-bond acceptors (Lipinski definition) is 1. The highest BCUT2D eigenvalue weighted by Gasteiger charge is 1.76. The van der Waals surface area contributed by atoms with Crippen molar-refractivity contribution in [3.63, 3.8) is 0 Å². The molecule has 2 heteroatoms. The fraction of sp³-hybridized carbons (Fsp3) is 0. The van der Waals surface area contributed by atoms with E-state index in [9.17, 15) is 0 Å². The summed E-state index contributed by atoms with van der Waals surface area (Å²) in [5.74, 6) is 0. The van der Waals surface area contributed by atoms with Gasteiger partial charge in [0.1, 0.15) is 0 Å². The smallest absolute Gasteiger partial charge is 0.0840 e. The summed E-state index contributed by atoms with van der Waals surface area (Å²) in [7, 11) is 0. The van der Waals surface area contributed by atoms with Crippen LogP contribution in [0.4, 0.5) is 0 Å². The van der Waals surface area contributed by atoms with Crippen LogP contribution >= 0.6 is 11.6 Å². The van der Waals surface area contributed by atoms with Gasteiger partial charge in [0.2, 0.25) is 0 Å². The van der Waals surface area contributed by atoms with Gasteiger partial charge in [-0.2, -0.15) is 0 Å². The number of hydrogen-bond donors (Lipinski definition) is 0. The van der Waals surface area contributed by atoms with Gasteiger partial charge in [-0.25, -0.2) is 0 Å². The maximum Gasteiger partial charge on any atom is 0.0840 e. The maximum absolute atomic E-state index is 6.92. The average Bonchev–Trinajstić information content (AvgIpc) is 1.77. The van der Waals surface area contributed by atoms with Crippen molar-refractivity contribution >= 4 is 11.6 Å². The lowest BCUT2D eigenvalue weighted by atomic mass is 10.5. The molecule has 1 rings (SSSR count). The molecule has 0 aliphatic rings. The molecule has 0 unspecified atom stereocenters. The van der Waals surface area contributed by atoms with E-state index in [1.807, 2.05) is 0 Å². The monoisotopic (exact) mass is 114 g/mol. The predicted molar refractivity (Wildman–Crippen MR) is 29.2 cm³/mol. The van der Waals surface area contributed by atoms with E-state index in [0.717, 1.165) is 0 Å². The molecule has 1 aromatic heterocycles. The molecule has 0 aliphatic carbocycles. The molecule has 0 spiro atoms. The minimum atomic E-state index is 0.245. The lowest BCUT2D eigenvalue weighted by molar-refractivity contribution is 1.33. The SMILES string of the molecule is [2H]c1ccc(Cl)cn1. The van der Waals surface area contributed by atoms with Crippen molar-refractivity contribution in [2.75, 3.05) is 0 Å². The fourth-order valence-electron chi connectivity index (χ4n) is 0.302. The number of nitrogens with zero attached hydrogens (tertiary/aromatic N) is 1. The van der Waals surface area contributed by atoms with Gasteiger partial charge in [-0.1, -0.05) is 11.6 Å². The Morgan fingerprint density at radius 3 is 3.14 bits per heavy atom. The molecule has 0 aromatic carbocycles. The third-order valence-corrected chi connectivity index (χ3v) is 0.803. The molecule has 0 saturated carbocycles. The minimum Gasteiger partial charge on any atom is -0.263 e. The number of aromatic nitrogens is 1. The highest BCUT2D eigenvalue weighted by Crippen LogP contribution is 2.00. The first-order chi connectivity index (χ1) is 3.79. The maximum atomic E-state index is 6.92. The third-order valence-electron chi connectivity index (χ3n) is 0.580. The van der Waals surface area contributed by atoms with E-state index in [1.165, 1.54) is 6.20 Å². The van der Waals surface area contributed by atoms with E-state index >= 15 is 0 Å². The Kier molecular flexibility index (Phi) is 0.953. The second-order valence-electron chi connectivity index (χ2n) is 1.11. The van der Waals surface area contributed by atoms with E-state index < -0.39 is 0 Å². The average molecular weight is 115 g/mol. The summed E-state index contributed by atoms with van der Waals surface area (Å²) in [4.78, 5) is 3.61. The quantitative estimate of drug-likeness (QED) is 0.501. The topological polar surface area (TPSA) is 12.9 Å². The van der Waals surface area contributed by atoms with Crippen LogP contribution in [0.25, 0.3) is 0 Å². The molecule has 0 bridgehead atoms. The van der Waals surface area contributed by atoms with Crippen LogP contribution in [0.5, 0.6) is 0 Å². The van der Waals surface area contributed by atoms with Gasteiger partial charge < -0.3 is 0 Å². The highest BCUT2D eigenvalue weighted by atomic mass is 35.5. The van der Waals surface area contributed by atoms with Crippen molar-refractivity contribution in [2.45, 2.75) is 0 Å².